The quantitative estimate of drug-likeness (QED) is 0.921. The smallest absolute Gasteiger partial charge is 0.413 e. The molecule has 2 rings (SSSR count). The summed E-state index contributed by atoms with van der Waals surface area (Å²) in [5.41, 5.74) is 0.678. The molecule has 4 heteroatoms. The lowest BCUT2D eigenvalue weighted by Crippen LogP contribution is -2.28. The molecule has 1 amide bonds. The van der Waals surface area contributed by atoms with Crippen molar-refractivity contribution >= 4 is 11.9 Å². The van der Waals surface area contributed by atoms with E-state index in [9.17, 15) is 4.79 Å². The monoisotopic (exact) mass is 272 g/mol. The molecule has 20 heavy (non-hydrogen) atoms. The van der Waals surface area contributed by atoms with Crippen molar-refractivity contribution in [3.05, 3.63) is 54.2 Å². The van der Waals surface area contributed by atoms with Crippen LogP contribution in [0.15, 0.2) is 48.7 Å². The lowest BCUT2D eigenvalue weighted by atomic mass is 10.2. The third-order valence-corrected chi connectivity index (χ3v) is 2.65. The van der Waals surface area contributed by atoms with E-state index in [-0.39, 0.29) is 0 Å². The normalized spacial score (nSPS) is 11.2. The number of aromatic nitrogens is 1. The van der Waals surface area contributed by atoms with Gasteiger partial charge in [0.15, 0.2) is 0 Å². The Kier molecular flexibility index (Phi) is 4.13. The standard InChI is InChI=1S/C16H20N2O2/c1-16(2,3)20-15(19)17-14-10-7-11-18(14)12-13-8-5-4-6-9-13/h4-11H,12H2,1-3H3,(H,17,19). The summed E-state index contributed by atoms with van der Waals surface area (Å²) in [4.78, 5) is 11.8. The maximum absolute atomic E-state index is 11.8. The van der Waals surface area contributed by atoms with Gasteiger partial charge in [0, 0.05) is 12.7 Å². The second kappa shape index (κ2) is 5.82. The zero-order chi connectivity index (χ0) is 14.6. The van der Waals surface area contributed by atoms with E-state index in [2.05, 4.69) is 17.4 Å². The first kappa shape index (κ1) is 14.2. The number of hydrogen-bond donors (Lipinski definition) is 1. The van der Waals surface area contributed by atoms with E-state index in [0.717, 1.165) is 5.82 Å². The SMILES string of the molecule is CC(C)(C)OC(=O)Nc1cccn1Cc1ccccc1. The van der Waals surface area contributed by atoms with Gasteiger partial charge in [0.25, 0.3) is 0 Å². The van der Waals surface area contributed by atoms with Crippen molar-refractivity contribution in [2.75, 3.05) is 5.32 Å². The Morgan fingerprint density at radius 3 is 2.50 bits per heavy atom. The first-order valence-corrected chi connectivity index (χ1v) is 6.63. The Morgan fingerprint density at radius 2 is 1.85 bits per heavy atom. The minimum atomic E-state index is -0.499. The van der Waals surface area contributed by atoms with E-state index < -0.39 is 11.7 Å². The first-order chi connectivity index (χ1) is 9.44. The van der Waals surface area contributed by atoms with Crippen LogP contribution < -0.4 is 5.32 Å². The van der Waals surface area contributed by atoms with E-state index in [1.165, 1.54) is 5.56 Å². The van der Waals surface area contributed by atoms with Crippen LogP contribution in [0.4, 0.5) is 10.6 Å². The van der Waals surface area contributed by atoms with Crippen molar-refractivity contribution in [2.45, 2.75) is 32.9 Å². The van der Waals surface area contributed by atoms with Crippen LogP contribution in [0.3, 0.4) is 0 Å². The number of anilines is 1. The Hall–Kier alpha value is -2.23. The van der Waals surface area contributed by atoms with E-state index >= 15 is 0 Å². The average Bonchev–Trinajstić information content (AvgIpc) is 2.75. The van der Waals surface area contributed by atoms with Crippen LogP contribution in [0.25, 0.3) is 0 Å². The van der Waals surface area contributed by atoms with E-state index in [4.69, 9.17) is 4.74 Å². The van der Waals surface area contributed by atoms with Crippen LogP contribution in [0, 0.1) is 0 Å². The van der Waals surface area contributed by atoms with Crippen molar-refractivity contribution in [3.8, 4) is 0 Å². The number of ether oxygens (including phenoxy) is 1. The maximum Gasteiger partial charge on any atom is 0.413 e. The van der Waals surface area contributed by atoms with Gasteiger partial charge in [-0.05, 0) is 38.5 Å². The fourth-order valence-electron chi connectivity index (χ4n) is 1.85. The van der Waals surface area contributed by atoms with Gasteiger partial charge in [0.1, 0.15) is 11.4 Å². The number of carbonyl (C=O) groups is 1. The summed E-state index contributed by atoms with van der Waals surface area (Å²) in [6.07, 6.45) is 1.49. The molecule has 106 valence electrons. The Labute approximate surface area is 119 Å². The molecular formula is C16H20N2O2. The molecular weight excluding hydrogens is 252 g/mol. The molecule has 0 unspecified atom stereocenters. The van der Waals surface area contributed by atoms with E-state index in [1.54, 1.807) is 0 Å². The molecule has 1 N–H and O–H groups in total. The van der Waals surface area contributed by atoms with Gasteiger partial charge in [-0.15, -0.1) is 0 Å². The van der Waals surface area contributed by atoms with Crippen molar-refractivity contribution in [3.63, 3.8) is 0 Å². The number of carbonyl (C=O) groups excluding carboxylic acids is 1. The molecule has 1 aromatic carbocycles. The molecule has 0 radical (unpaired) electrons. The topological polar surface area (TPSA) is 43.3 Å². The average molecular weight is 272 g/mol. The number of rotatable bonds is 3. The highest BCUT2D eigenvalue weighted by atomic mass is 16.6. The molecule has 0 saturated carbocycles. The molecule has 0 aliphatic heterocycles. The number of nitrogens with zero attached hydrogens (tertiary/aromatic N) is 1. The van der Waals surface area contributed by atoms with Gasteiger partial charge < -0.3 is 9.30 Å². The summed E-state index contributed by atoms with van der Waals surface area (Å²) in [7, 11) is 0. The van der Waals surface area contributed by atoms with Crippen molar-refractivity contribution < 1.29 is 9.53 Å². The fraction of sp³-hybridized carbons (Fsp3) is 0.312. The number of benzene rings is 1. The third kappa shape index (κ3) is 4.16. The Bertz CT molecular complexity index is 568. The molecule has 0 fully saturated rings. The van der Waals surface area contributed by atoms with Gasteiger partial charge in [-0.2, -0.15) is 0 Å². The minimum Gasteiger partial charge on any atom is -0.444 e. The molecule has 0 aliphatic rings. The van der Waals surface area contributed by atoms with Crippen LogP contribution in [0.2, 0.25) is 0 Å². The summed E-state index contributed by atoms with van der Waals surface area (Å²) >= 11 is 0. The van der Waals surface area contributed by atoms with Gasteiger partial charge in [0.2, 0.25) is 0 Å². The van der Waals surface area contributed by atoms with E-state index in [0.29, 0.717) is 6.54 Å². The maximum atomic E-state index is 11.8. The summed E-state index contributed by atoms with van der Waals surface area (Å²) in [5, 5.41) is 2.77. The summed E-state index contributed by atoms with van der Waals surface area (Å²) in [6, 6.07) is 13.8. The van der Waals surface area contributed by atoms with Gasteiger partial charge >= 0.3 is 6.09 Å². The molecule has 4 nitrogen and oxygen atoms in total. The first-order valence-electron chi connectivity index (χ1n) is 6.63. The zero-order valence-electron chi connectivity index (χ0n) is 12.1. The van der Waals surface area contributed by atoms with Crippen LogP contribution in [0.5, 0.6) is 0 Å². The Balaban J connectivity index is 2.04. The molecule has 1 aromatic heterocycles. The third-order valence-electron chi connectivity index (χ3n) is 2.65. The fourth-order valence-corrected chi connectivity index (χ4v) is 1.85. The number of amides is 1. The highest BCUT2D eigenvalue weighted by Crippen LogP contribution is 2.14. The predicted octanol–water partition coefficient (Wildman–Crippen LogP) is 3.88. The molecule has 0 atom stereocenters. The van der Waals surface area contributed by atoms with Crippen molar-refractivity contribution in [2.24, 2.45) is 0 Å². The van der Waals surface area contributed by atoms with Crippen LogP contribution in [-0.2, 0) is 11.3 Å². The van der Waals surface area contributed by atoms with Gasteiger partial charge in [-0.1, -0.05) is 30.3 Å². The molecule has 0 bridgehead atoms. The molecule has 2 aromatic rings. The highest BCUT2D eigenvalue weighted by Gasteiger charge is 2.17. The van der Waals surface area contributed by atoms with E-state index in [1.807, 2.05) is 61.9 Å². The largest absolute Gasteiger partial charge is 0.444 e. The van der Waals surface area contributed by atoms with Crippen LogP contribution in [-0.4, -0.2) is 16.3 Å². The molecule has 0 spiro atoms. The lowest BCUT2D eigenvalue weighted by Gasteiger charge is -2.20. The molecule has 0 saturated heterocycles. The summed E-state index contributed by atoms with van der Waals surface area (Å²) in [6.45, 7) is 6.24. The highest BCUT2D eigenvalue weighted by molar-refractivity contribution is 5.83. The number of hydrogen-bond acceptors (Lipinski definition) is 2. The van der Waals surface area contributed by atoms with Crippen molar-refractivity contribution in [1.29, 1.82) is 0 Å². The zero-order valence-corrected chi connectivity index (χ0v) is 12.1. The second-order valence-electron chi connectivity index (χ2n) is 5.63. The lowest BCUT2D eigenvalue weighted by molar-refractivity contribution is 0.0634. The predicted molar refractivity (Wildman–Crippen MR) is 79.8 cm³/mol. The van der Waals surface area contributed by atoms with Gasteiger partial charge in [-0.25, -0.2) is 4.79 Å². The Morgan fingerprint density at radius 1 is 1.15 bits per heavy atom. The summed E-state index contributed by atoms with van der Waals surface area (Å²) in [5.74, 6) is 0.725. The minimum absolute atomic E-state index is 0.439. The number of nitrogens with one attached hydrogen (secondary N) is 1. The second-order valence-corrected chi connectivity index (χ2v) is 5.63. The molecule has 1 heterocycles. The van der Waals surface area contributed by atoms with Gasteiger partial charge in [-0.3, -0.25) is 5.32 Å². The molecule has 0 aliphatic carbocycles. The van der Waals surface area contributed by atoms with Gasteiger partial charge in [0.05, 0.1) is 0 Å². The van der Waals surface area contributed by atoms with Crippen LogP contribution in [0.1, 0.15) is 26.3 Å². The van der Waals surface area contributed by atoms with Crippen LogP contribution >= 0.6 is 0 Å². The summed E-state index contributed by atoms with van der Waals surface area (Å²) < 4.78 is 7.22. The van der Waals surface area contributed by atoms with Crippen molar-refractivity contribution in [1.82, 2.24) is 4.57 Å².